The van der Waals surface area contributed by atoms with Crippen LogP contribution in [0.4, 0.5) is 10.5 Å². The van der Waals surface area contributed by atoms with Gasteiger partial charge in [-0.25, -0.2) is 9.59 Å². The number of hydrogen-bond acceptors (Lipinski definition) is 3. The second-order valence-electron chi connectivity index (χ2n) is 3.83. The van der Waals surface area contributed by atoms with Gasteiger partial charge in [0.25, 0.3) is 0 Å². The number of aromatic carboxylic acids is 1. The maximum absolute atomic E-state index is 11.7. The van der Waals surface area contributed by atoms with Crippen LogP contribution >= 0.6 is 15.9 Å². The largest absolute Gasteiger partial charge is 0.478 e. The number of nitrogens with one attached hydrogen (secondary N) is 1. The Labute approximate surface area is 123 Å². The van der Waals surface area contributed by atoms with E-state index in [0.717, 1.165) is 0 Å². The molecule has 2 aromatic rings. The zero-order valence-electron chi connectivity index (χ0n) is 10.2. The third kappa shape index (κ3) is 3.58. The molecule has 0 saturated carbocycles. The summed E-state index contributed by atoms with van der Waals surface area (Å²) in [7, 11) is 0. The number of ether oxygens (including phenoxy) is 1. The normalized spacial score (nSPS) is 9.85. The van der Waals surface area contributed by atoms with Gasteiger partial charge in [-0.2, -0.15) is 0 Å². The highest BCUT2D eigenvalue weighted by Crippen LogP contribution is 2.24. The van der Waals surface area contributed by atoms with E-state index < -0.39 is 12.1 Å². The highest BCUT2D eigenvalue weighted by atomic mass is 79.9. The SMILES string of the molecule is O=C(Nc1ccc(C(=O)O)cc1Br)Oc1ccccc1. The summed E-state index contributed by atoms with van der Waals surface area (Å²) in [5.41, 5.74) is 0.551. The molecule has 2 aromatic carbocycles. The number of halogens is 1. The minimum absolute atomic E-state index is 0.124. The molecule has 0 aliphatic carbocycles. The summed E-state index contributed by atoms with van der Waals surface area (Å²) in [6.45, 7) is 0. The number of carboxylic acids is 1. The van der Waals surface area contributed by atoms with Crippen molar-refractivity contribution in [3.63, 3.8) is 0 Å². The van der Waals surface area contributed by atoms with E-state index in [1.165, 1.54) is 18.2 Å². The number of rotatable bonds is 3. The van der Waals surface area contributed by atoms with Crippen LogP contribution in [0.2, 0.25) is 0 Å². The summed E-state index contributed by atoms with van der Waals surface area (Å²) in [6, 6.07) is 12.9. The van der Waals surface area contributed by atoms with E-state index in [4.69, 9.17) is 9.84 Å². The first kappa shape index (κ1) is 14.1. The van der Waals surface area contributed by atoms with E-state index in [1.54, 1.807) is 24.3 Å². The lowest BCUT2D eigenvalue weighted by Crippen LogP contribution is -2.17. The van der Waals surface area contributed by atoms with Crippen LogP contribution in [0.3, 0.4) is 0 Å². The molecule has 0 aliphatic heterocycles. The number of carbonyl (C=O) groups is 2. The third-order valence-electron chi connectivity index (χ3n) is 2.41. The number of carbonyl (C=O) groups excluding carboxylic acids is 1. The average Bonchev–Trinajstić information content (AvgIpc) is 2.42. The van der Waals surface area contributed by atoms with Gasteiger partial charge in [-0.3, -0.25) is 5.32 Å². The van der Waals surface area contributed by atoms with Crippen LogP contribution in [0.25, 0.3) is 0 Å². The molecule has 0 unspecified atom stereocenters. The van der Waals surface area contributed by atoms with Crippen LogP contribution in [0.5, 0.6) is 5.75 Å². The van der Waals surface area contributed by atoms with Crippen LogP contribution in [0.15, 0.2) is 53.0 Å². The molecular formula is C14H10BrNO4. The molecule has 20 heavy (non-hydrogen) atoms. The average molecular weight is 336 g/mol. The minimum atomic E-state index is -1.04. The topological polar surface area (TPSA) is 75.6 Å². The Morgan fingerprint density at radius 1 is 1.10 bits per heavy atom. The van der Waals surface area contributed by atoms with E-state index >= 15 is 0 Å². The molecule has 5 nitrogen and oxygen atoms in total. The Morgan fingerprint density at radius 2 is 1.80 bits per heavy atom. The van der Waals surface area contributed by atoms with E-state index in [-0.39, 0.29) is 5.56 Å². The van der Waals surface area contributed by atoms with Crippen molar-refractivity contribution in [1.82, 2.24) is 0 Å². The summed E-state index contributed by atoms with van der Waals surface area (Å²) in [4.78, 5) is 22.5. The van der Waals surface area contributed by atoms with Crippen molar-refractivity contribution in [3.05, 3.63) is 58.6 Å². The van der Waals surface area contributed by atoms with E-state index in [1.807, 2.05) is 6.07 Å². The molecule has 0 fully saturated rings. The molecule has 102 valence electrons. The van der Waals surface area contributed by atoms with Crippen LogP contribution in [0.1, 0.15) is 10.4 Å². The minimum Gasteiger partial charge on any atom is -0.478 e. The molecule has 0 bridgehead atoms. The number of anilines is 1. The monoisotopic (exact) mass is 335 g/mol. The molecule has 0 heterocycles. The van der Waals surface area contributed by atoms with Gasteiger partial charge in [0.15, 0.2) is 0 Å². The predicted octanol–water partition coefficient (Wildman–Crippen LogP) is 3.76. The van der Waals surface area contributed by atoms with Gasteiger partial charge in [0.2, 0.25) is 0 Å². The van der Waals surface area contributed by atoms with Gasteiger partial charge >= 0.3 is 12.1 Å². The molecule has 0 spiro atoms. The van der Waals surface area contributed by atoms with Crippen molar-refractivity contribution < 1.29 is 19.4 Å². The number of para-hydroxylation sites is 1. The molecule has 0 atom stereocenters. The molecular weight excluding hydrogens is 326 g/mol. The van der Waals surface area contributed by atoms with Gasteiger partial charge in [0.1, 0.15) is 5.75 Å². The van der Waals surface area contributed by atoms with Gasteiger partial charge in [-0.15, -0.1) is 0 Å². The van der Waals surface area contributed by atoms with Gasteiger partial charge in [0.05, 0.1) is 11.3 Å². The van der Waals surface area contributed by atoms with Crippen molar-refractivity contribution in [1.29, 1.82) is 0 Å². The Bertz CT molecular complexity index is 643. The first-order valence-electron chi connectivity index (χ1n) is 5.63. The van der Waals surface area contributed by atoms with E-state index in [0.29, 0.717) is 15.9 Å². The fourth-order valence-corrected chi connectivity index (χ4v) is 1.96. The number of amides is 1. The first-order chi connectivity index (χ1) is 9.56. The van der Waals surface area contributed by atoms with Crippen molar-refractivity contribution in [2.45, 2.75) is 0 Å². The Hall–Kier alpha value is -2.34. The van der Waals surface area contributed by atoms with Crippen molar-refractivity contribution in [2.24, 2.45) is 0 Å². The fraction of sp³-hybridized carbons (Fsp3) is 0. The smallest absolute Gasteiger partial charge is 0.417 e. The zero-order chi connectivity index (χ0) is 14.5. The van der Waals surface area contributed by atoms with Gasteiger partial charge < -0.3 is 9.84 Å². The summed E-state index contributed by atoms with van der Waals surface area (Å²) in [6.07, 6.45) is -0.653. The van der Waals surface area contributed by atoms with E-state index in [9.17, 15) is 9.59 Å². The van der Waals surface area contributed by atoms with Crippen LogP contribution in [-0.2, 0) is 0 Å². The number of benzene rings is 2. The van der Waals surface area contributed by atoms with E-state index in [2.05, 4.69) is 21.2 Å². The molecule has 0 saturated heterocycles. The number of carboxylic acid groups (broad SMARTS) is 1. The van der Waals surface area contributed by atoms with Crippen LogP contribution in [-0.4, -0.2) is 17.2 Å². The van der Waals surface area contributed by atoms with Gasteiger partial charge in [-0.05, 0) is 46.3 Å². The van der Waals surface area contributed by atoms with Gasteiger partial charge in [-0.1, -0.05) is 18.2 Å². The maximum Gasteiger partial charge on any atom is 0.417 e. The zero-order valence-corrected chi connectivity index (χ0v) is 11.8. The third-order valence-corrected chi connectivity index (χ3v) is 3.06. The van der Waals surface area contributed by atoms with Crippen LogP contribution in [0, 0.1) is 0 Å². The Kier molecular flexibility index (Phi) is 4.37. The molecule has 2 N–H and O–H groups in total. The van der Waals surface area contributed by atoms with Crippen molar-refractivity contribution >= 4 is 33.7 Å². The molecule has 6 heteroatoms. The lowest BCUT2D eigenvalue weighted by Gasteiger charge is -2.08. The molecule has 1 amide bonds. The molecule has 0 aliphatic rings. The lowest BCUT2D eigenvalue weighted by atomic mass is 10.2. The molecule has 0 aromatic heterocycles. The standard InChI is InChI=1S/C14H10BrNO4/c15-11-8-9(13(17)18)6-7-12(11)16-14(19)20-10-4-2-1-3-5-10/h1-8H,(H,16,19)(H,17,18). The fourth-order valence-electron chi connectivity index (χ4n) is 1.48. The van der Waals surface area contributed by atoms with Crippen LogP contribution < -0.4 is 10.1 Å². The second kappa shape index (κ2) is 6.21. The highest BCUT2D eigenvalue weighted by molar-refractivity contribution is 9.10. The summed E-state index contributed by atoms with van der Waals surface area (Å²) in [5, 5.41) is 11.4. The molecule has 2 rings (SSSR count). The predicted molar refractivity (Wildman–Crippen MR) is 77.2 cm³/mol. The Balaban J connectivity index is 2.06. The Morgan fingerprint density at radius 3 is 2.40 bits per heavy atom. The second-order valence-corrected chi connectivity index (χ2v) is 4.68. The maximum atomic E-state index is 11.7. The quantitative estimate of drug-likeness (QED) is 0.895. The first-order valence-corrected chi connectivity index (χ1v) is 6.42. The summed E-state index contributed by atoms with van der Waals surface area (Å²) in [5.74, 6) is -0.618. The van der Waals surface area contributed by atoms with Gasteiger partial charge in [0, 0.05) is 4.47 Å². The molecule has 0 radical (unpaired) electrons. The van der Waals surface area contributed by atoms with Crippen molar-refractivity contribution in [2.75, 3.05) is 5.32 Å². The summed E-state index contributed by atoms with van der Waals surface area (Å²) < 4.78 is 5.52. The lowest BCUT2D eigenvalue weighted by molar-refractivity contribution is 0.0697. The number of hydrogen-bond donors (Lipinski definition) is 2. The summed E-state index contributed by atoms with van der Waals surface area (Å²) >= 11 is 3.20. The van der Waals surface area contributed by atoms with Crippen molar-refractivity contribution in [3.8, 4) is 5.75 Å². The highest BCUT2D eigenvalue weighted by Gasteiger charge is 2.10.